The van der Waals surface area contributed by atoms with Gasteiger partial charge in [0.1, 0.15) is 12.4 Å². The van der Waals surface area contributed by atoms with Crippen LogP contribution >= 0.6 is 0 Å². The fourth-order valence-electron chi connectivity index (χ4n) is 3.28. The fraction of sp³-hybridized carbons (Fsp3) is 0.286. The molecule has 0 aliphatic carbocycles. The van der Waals surface area contributed by atoms with Crippen LogP contribution in [0.3, 0.4) is 0 Å². The number of aliphatic carboxylic acids is 1. The molecule has 162 valence electrons. The first-order valence-corrected chi connectivity index (χ1v) is 9.50. The summed E-state index contributed by atoms with van der Waals surface area (Å²) in [4.78, 5) is 23.4. The number of nitrogens with one attached hydrogen (secondary N) is 1. The van der Waals surface area contributed by atoms with Gasteiger partial charge in [0.15, 0.2) is 5.82 Å². The molecule has 0 bridgehead atoms. The summed E-state index contributed by atoms with van der Waals surface area (Å²) in [7, 11) is 1.26. The van der Waals surface area contributed by atoms with Crippen LogP contribution in [0.4, 0.5) is 4.39 Å². The van der Waals surface area contributed by atoms with Crippen LogP contribution in [0.25, 0.3) is 0 Å². The molecule has 1 heterocycles. The molecular formula is C21H22FN5O4. The zero-order valence-corrected chi connectivity index (χ0v) is 17.0. The summed E-state index contributed by atoms with van der Waals surface area (Å²) in [6.45, 7) is 1.70. The van der Waals surface area contributed by atoms with E-state index in [0.29, 0.717) is 11.4 Å². The lowest BCUT2D eigenvalue weighted by Crippen LogP contribution is -2.32. The molecule has 2 unspecified atom stereocenters. The van der Waals surface area contributed by atoms with Crippen LogP contribution < -0.4 is 5.32 Å². The maximum atomic E-state index is 13.4. The summed E-state index contributed by atoms with van der Waals surface area (Å²) in [5, 5.41) is 24.4. The minimum Gasteiger partial charge on any atom is -0.481 e. The number of carboxylic acid groups (broad SMARTS) is 1. The number of nitrogens with zero attached hydrogens (tertiary/aromatic N) is 4. The molecule has 0 saturated carbocycles. The van der Waals surface area contributed by atoms with Gasteiger partial charge in [-0.05, 0) is 46.2 Å². The number of aromatic nitrogens is 4. The lowest BCUT2D eigenvalue weighted by Gasteiger charge is -2.26. The van der Waals surface area contributed by atoms with Crippen molar-refractivity contribution in [2.45, 2.75) is 32.0 Å². The van der Waals surface area contributed by atoms with Crippen LogP contribution in [0, 0.1) is 12.7 Å². The summed E-state index contributed by atoms with van der Waals surface area (Å²) >= 11 is 0. The average Bonchev–Trinajstić information content (AvgIpc) is 3.19. The number of hydrogen-bond donors (Lipinski definition) is 2. The Morgan fingerprint density at radius 3 is 2.55 bits per heavy atom. The quantitative estimate of drug-likeness (QED) is 0.499. The smallest absolute Gasteiger partial charge is 0.327 e. The third kappa shape index (κ3) is 5.48. The van der Waals surface area contributed by atoms with Gasteiger partial charge in [0, 0.05) is 6.04 Å². The number of tetrazole rings is 1. The highest BCUT2D eigenvalue weighted by atomic mass is 19.1. The summed E-state index contributed by atoms with van der Waals surface area (Å²) in [5.74, 6) is -1.66. The summed E-state index contributed by atoms with van der Waals surface area (Å²) in [6.07, 6.45) is -0.257. The van der Waals surface area contributed by atoms with E-state index in [1.165, 1.54) is 36.1 Å². The summed E-state index contributed by atoms with van der Waals surface area (Å²) < 4.78 is 19.4. The molecule has 0 aliphatic rings. The molecule has 0 fully saturated rings. The van der Waals surface area contributed by atoms with Crippen LogP contribution in [0.5, 0.6) is 0 Å². The zero-order chi connectivity index (χ0) is 22.4. The van der Waals surface area contributed by atoms with Crippen molar-refractivity contribution in [3.05, 3.63) is 76.9 Å². The molecule has 3 aromatic rings. The minimum absolute atomic E-state index is 0.205. The maximum Gasteiger partial charge on any atom is 0.327 e. The van der Waals surface area contributed by atoms with Gasteiger partial charge in [0.25, 0.3) is 0 Å². The summed E-state index contributed by atoms with van der Waals surface area (Å²) in [6, 6.07) is 11.8. The molecular weight excluding hydrogens is 405 g/mol. The number of aryl methyl sites for hydroxylation is 1. The molecule has 1 aromatic heterocycles. The molecule has 0 spiro atoms. The van der Waals surface area contributed by atoms with E-state index in [1.54, 1.807) is 0 Å². The number of benzene rings is 2. The Kier molecular flexibility index (Phi) is 7.03. The van der Waals surface area contributed by atoms with Crippen molar-refractivity contribution < 1.29 is 23.8 Å². The highest BCUT2D eigenvalue weighted by Gasteiger charge is 2.28. The molecule has 31 heavy (non-hydrogen) atoms. The van der Waals surface area contributed by atoms with E-state index in [9.17, 15) is 19.1 Å². The molecule has 10 heteroatoms. The predicted molar refractivity (Wildman–Crippen MR) is 107 cm³/mol. The van der Waals surface area contributed by atoms with Gasteiger partial charge >= 0.3 is 11.9 Å². The van der Waals surface area contributed by atoms with Crippen LogP contribution in [-0.4, -0.2) is 44.4 Å². The number of methoxy groups -OCH3 is 1. The highest BCUT2D eigenvalue weighted by Crippen LogP contribution is 2.28. The third-order valence-corrected chi connectivity index (χ3v) is 4.84. The second-order valence-electron chi connectivity index (χ2n) is 6.93. The molecule has 2 N–H and O–H groups in total. The van der Waals surface area contributed by atoms with Gasteiger partial charge in [0.2, 0.25) is 0 Å². The van der Waals surface area contributed by atoms with Gasteiger partial charge in [0.05, 0.1) is 19.6 Å². The molecule has 0 aliphatic heterocycles. The Labute approximate surface area is 177 Å². The first-order chi connectivity index (χ1) is 14.9. The van der Waals surface area contributed by atoms with Crippen molar-refractivity contribution in [1.82, 2.24) is 25.5 Å². The Morgan fingerprint density at radius 1 is 1.19 bits per heavy atom. The van der Waals surface area contributed by atoms with E-state index in [4.69, 9.17) is 4.74 Å². The standard InChI is InChI=1S/C21H22FN5O4/c1-13-5-3-4-6-16(13)20(21-24-25-26-27(21)12-19(30)31-2)23-17(11-18(28)29)14-7-9-15(22)10-8-14/h3-10,17,20,23H,11-12H2,1-2H3,(H,28,29). The lowest BCUT2D eigenvalue weighted by atomic mass is 9.96. The molecule has 2 aromatic carbocycles. The number of carbonyl (C=O) groups is 2. The van der Waals surface area contributed by atoms with Crippen LogP contribution in [0.2, 0.25) is 0 Å². The molecule has 2 atom stereocenters. The molecule has 0 amide bonds. The highest BCUT2D eigenvalue weighted by molar-refractivity contribution is 5.69. The lowest BCUT2D eigenvalue weighted by molar-refractivity contribution is -0.141. The van der Waals surface area contributed by atoms with Crippen molar-refractivity contribution in [3.63, 3.8) is 0 Å². The van der Waals surface area contributed by atoms with Crippen LogP contribution in [-0.2, 0) is 20.9 Å². The van der Waals surface area contributed by atoms with Crippen molar-refractivity contribution in [3.8, 4) is 0 Å². The van der Waals surface area contributed by atoms with Crippen molar-refractivity contribution in [2.75, 3.05) is 7.11 Å². The Morgan fingerprint density at radius 2 is 1.90 bits per heavy atom. The molecule has 3 rings (SSSR count). The molecule has 0 radical (unpaired) electrons. The van der Waals surface area contributed by atoms with E-state index >= 15 is 0 Å². The first kappa shape index (κ1) is 22.0. The zero-order valence-electron chi connectivity index (χ0n) is 17.0. The molecule has 0 saturated heterocycles. The van der Waals surface area contributed by atoms with Crippen molar-refractivity contribution in [1.29, 1.82) is 0 Å². The van der Waals surface area contributed by atoms with E-state index < -0.39 is 29.8 Å². The largest absolute Gasteiger partial charge is 0.481 e. The van der Waals surface area contributed by atoms with Gasteiger partial charge in [-0.2, -0.15) is 0 Å². The SMILES string of the molecule is COC(=O)Cn1nnnc1C(NC(CC(=O)O)c1ccc(F)cc1)c1ccccc1C. The number of carboxylic acids is 1. The topological polar surface area (TPSA) is 119 Å². The van der Waals surface area contributed by atoms with Crippen molar-refractivity contribution >= 4 is 11.9 Å². The Bertz CT molecular complexity index is 1050. The van der Waals surface area contributed by atoms with E-state index in [0.717, 1.165) is 11.1 Å². The van der Waals surface area contributed by atoms with Gasteiger partial charge in [-0.3, -0.25) is 14.9 Å². The average molecular weight is 427 g/mol. The normalized spacial score (nSPS) is 12.9. The maximum absolute atomic E-state index is 13.4. The van der Waals surface area contributed by atoms with Gasteiger partial charge in [-0.25, -0.2) is 9.07 Å². The number of hydrogen-bond acceptors (Lipinski definition) is 7. The van der Waals surface area contributed by atoms with Crippen LogP contribution in [0.1, 0.15) is 41.0 Å². The van der Waals surface area contributed by atoms with E-state index in [1.807, 2.05) is 31.2 Å². The Balaban J connectivity index is 2.05. The first-order valence-electron chi connectivity index (χ1n) is 9.50. The third-order valence-electron chi connectivity index (χ3n) is 4.84. The Hall–Kier alpha value is -3.66. The van der Waals surface area contributed by atoms with Crippen LogP contribution in [0.15, 0.2) is 48.5 Å². The second kappa shape index (κ2) is 9.90. The van der Waals surface area contributed by atoms with E-state index in [-0.39, 0.29) is 13.0 Å². The summed E-state index contributed by atoms with van der Waals surface area (Å²) in [5.41, 5.74) is 2.32. The molecule has 9 nitrogen and oxygen atoms in total. The monoisotopic (exact) mass is 427 g/mol. The van der Waals surface area contributed by atoms with Gasteiger partial charge in [-0.1, -0.05) is 36.4 Å². The second-order valence-corrected chi connectivity index (χ2v) is 6.93. The minimum atomic E-state index is -1.03. The number of carbonyl (C=O) groups excluding carboxylic acids is 1. The predicted octanol–water partition coefficient (Wildman–Crippen LogP) is 2.19. The number of halogens is 1. The number of rotatable bonds is 9. The van der Waals surface area contributed by atoms with E-state index in [2.05, 4.69) is 20.8 Å². The van der Waals surface area contributed by atoms with Gasteiger partial charge < -0.3 is 9.84 Å². The number of esters is 1. The van der Waals surface area contributed by atoms with Crippen molar-refractivity contribution in [2.24, 2.45) is 0 Å². The fourth-order valence-corrected chi connectivity index (χ4v) is 3.28. The van der Waals surface area contributed by atoms with Gasteiger partial charge in [-0.15, -0.1) is 5.10 Å². The number of ether oxygens (including phenoxy) is 1.